The van der Waals surface area contributed by atoms with Crippen molar-refractivity contribution in [3.63, 3.8) is 0 Å². The van der Waals surface area contributed by atoms with E-state index in [1.54, 1.807) is 6.07 Å². The molecule has 0 amide bonds. The molecule has 3 aliphatic carbocycles. The lowest BCUT2D eigenvalue weighted by Gasteiger charge is -2.61. The molecule has 6 atom stereocenters. The van der Waals surface area contributed by atoms with Crippen LogP contribution in [0.25, 0.3) is 0 Å². The van der Waals surface area contributed by atoms with Crippen LogP contribution >= 0.6 is 0 Å². The molecule has 5 aliphatic rings. The molecule has 1 saturated heterocycles. The molecule has 30 heavy (non-hydrogen) atoms. The maximum Gasteiger partial charge on any atom is 0.174 e. The standard InChI is InChI=1S/C17H19NO4.C6H12O2/c1-18-7-6-16-13-9-2-3-10(19)14(13)22-15(16)11(20)4-5-17(16,21)12(18)8-9;7-5-3-1-2-4-6(5)8/h2-3,12,15,19,21H,4-8H2,1H3;5-8H,1-4H2/t12-,15+,16+,17-;/m1./s1. The van der Waals surface area contributed by atoms with Crippen molar-refractivity contribution >= 4 is 5.78 Å². The Kier molecular flexibility index (Phi) is 4.67. The van der Waals surface area contributed by atoms with Gasteiger partial charge in [0.15, 0.2) is 23.4 Å². The van der Waals surface area contributed by atoms with Gasteiger partial charge in [-0.25, -0.2) is 0 Å². The van der Waals surface area contributed by atoms with Gasteiger partial charge in [0.05, 0.1) is 23.2 Å². The first kappa shape index (κ1) is 20.2. The highest BCUT2D eigenvalue weighted by atomic mass is 16.5. The van der Waals surface area contributed by atoms with E-state index in [-0.39, 0.29) is 17.6 Å². The summed E-state index contributed by atoms with van der Waals surface area (Å²) in [5, 5.41) is 39.7. The van der Waals surface area contributed by atoms with Gasteiger partial charge in [-0.05, 0) is 57.3 Å². The number of rotatable bonds is 0. The predicted molar refractivity (Wildman–Crippen MR) is 109 cm³/mol. The van der Waals surface area contributed by atoms with Crippen LogP contribution < -0.4 is 4.74 Å². The van der Waals surface area contributed by atoms with E-state index in [1.807, 2.05) is 13.1 Å². The van der Waals surface area contributed by atoms with Gasteiger partial charge in [0.2, 0.25) is 0 Å². The molecule has 7 heteroatoms. The maximum absolute atomic E-state index is 12.5. The molecule has 7 nitrogen and oxygen atoms in total. The fraction of sp³-hybridized carbons (Fsp3) is 0.696. The molecule has 1 spiro atoms. The van der Waals surface area contributed by atoms with Gasteiger partial charge in [-0.3, -0.25) is 4.79 Å². The second kappa shape index (κ2) is 6.92. The number of piperidine rings is 1. The summed E-state index contributed by atoms with van der Waals surface area (Å²) in [6, 6.07) is 3.57. The van der Waals surface area contributed by atoms with E-state index in [9.17, 15) is 15.0 Å². The van der Waals surface area contributed by atoms with E-state index >= 15 is 0 Å². The fourth-order valence-electron chi connectivity index (χ4n) is 6.63. The van der Waals surface area contributed by atoms with Crippen LogP contribution in [0.2, 0.25) is 0 Å². The number of aliphatic hydroxyl groups is 3. The first-order valence-corrected chi connectivity index (χ1v) is 11.1. The first-order valence-electron chi connectivity index (χ1n) is 11.1. The van der Waals surface area contributed by atoms with Crippen LogP contribution in [0.3, 0.4) is 0 Å². The van der Waals surface area contributed by atoms with Gasteiger partial charge >= 0.3 is 0 Å². The number of carbonyl (C=O) groups excluding carboxylic acids is 1. The average molecular weight is 418 g/mol. The maximum atomic E-state index is 12.5. The Morgan fingerprint density at radius 1 is 1.13 bits per heavy atom. The molecule has 2 aliphatic heterocycles. The van der Waals surface area contributed by atoms with E-state index in [0.717, 1.165) is 49.8 Å². The Bertz CT molecular complexity index is 863. The van der Waals surface area contributed by atoms with E-state index < -0.39 is 29.3 Å². The van der Waals surface area contributed by atoms with Crippen molar-refractivity contribution in [3.05, 3.63) is 23.3 Å². The van der Waals surface area contributed by atoms with Gasteiger partial charge in [0, 0.05) is 18.0 Å². The lowest BCUT2D eigenvalue weighted by Crippen LogP contribution is -2.76. The van der Waals surface area contributed by atoms with E-state index in [2.05, 4.69) is 4.90 Å². The van der Waals surface area contributed by atoms with Gasteiger partial charge in [0.25, 0.3) is 0 Å². The number of hydrogen-bond donors (Lipinski definition) is 4. The summed E-state index contributed by atoms with van der Waals surface area (Å²) >= 11 is 0. The Morgan fingerprint density at radius 3 is 2.50 bits per heavy atom. The number of nitrogens with zero attached hydrogens (tertiary/aromatic N) is 1. The largest absolute Gasteiger partial charge is 0.504 e. The molecule has 0 radical (unpaired) electrons. The number of likely N-dealkylation sites (N-methyl/N-ethyl adjacent to an activating group) is 1. The molecule has 4 N–H and O–H groups in total. The lowest BCUT2D eigenvalue weighted by atomic mass is 9.49. The highest BCUT2D eigenvalue weighted by molar-refractivity contribution is 5.90. The minimum absolute atomic E-state index is 0.00319. The summed E-state index contributed by atoms with van der Waals surface area (Å²) in [7, 11) is 2.04. The van der Waals surface area contributed by atoms with Crippen molar-refractivity contribution in [1.82, 2.24) is 4.90 Å². The number of Topliss-reactive ketones (excluding diaryl/α,β-unsaturated/α-hetero) is 1. The first-order chi connectivity index (χ1) is 14.3. The number of phenols is 1. The van der Waals surface area contributed by atoms with Crippen molar-refractivity contribution in [2.45, 2.75) is 86.7 Å². The van der Waals surface area contributed by atoms with Crippen molar-refractivity contribution in [2.75, 3.05) is 13.6 Å². The second-order valence-corrected chi connectivity index (χ2v) is 9.68. The summed E-state index contributed by atoms with van der Waals surface area (Å²) in [6.45, 7) is 0.828. The van der Waals surface area contributed by atoms with Crippen LogP contribution in [0.4, 0.5) is 0 Å². The second-order valence-electron chi connectivity index (χ2n) is 9.68. The molecule has 164 valence electrons. The van der Waals surface area contributed by atoms with E-state index in [0.29, 0.717) is 25.0 Å². The minimum atomic E-state index is -0.954. The van der Waals surface area contributed by atoms with Gasteiger partial charge in [0.1, 0.15) is 0 Å². The van der Waals surface area contributed by atoms with Gasteiger partial charge < -0.3 is 30.1 Å². The Balaban J connectivity index is 0.000000205. The molecule has 2 saturated carbocycles. The van der Waals surface area contributed by atoms with E-state index in [4.69, 9.17) is 14.9 Å². The molecular formula is C23H31NO6. The van der Waals surface area contributed by atoms with Gasteiger partial charge in [-0.15, -0.1) is 0 Å². The number of benzene rings is 1. The number of aliphatic hydroxyl groups excluding tert-OH is 2. The van der Waals surface area contributed by atoms with Gasteiger partial charge in [-0.2, -0.15) is 0 Å². The molecule has 1 aromatic rings. The highest BCUT2D eigenvalue weighted by Gasteiger charge is 2.72. The van der Waals surface area contributed by atoms with Crippen molar-refractivity contribution in [3.8, 4) is 11.5 Å². The Labute approximate surface area is 176 Å². The number of ketones is 1. The van der Waals surface area contributed by atoms with Crippen LogP contribution in [-0.2, 0) is 16.6 Å². The van der Waals surface area contributed by atoms with Crippen LogP contribution in [0.15, 0.2) is 12.1 Å². The zero-order chi connectivity index (χ0) is 21.3. The predicted octanol–water partition coefficient (Wildman–Crippen LogP) is 1.03. The van der Waals surface area contributed by atoms with Crippen molar-refractivity contribution < 1.29 is 30.0 Å². The zero-order valence-electron chi connectivity index (χ0n) is 17.4. The lowest BCUT2D eigenvalue weighted by molar-refractivity contribution is -0.185. The zero-order valence-corrected chi connectivity index (χ0v) is 17.4. The number of phenolic OH excluding ortho intramolecular Hbond substituents is 1. The number of aromatic hydroxyl groups is 1. The molecule has 2 heterocycles. The molecule has 0 aromatic heterocycles. The Morgan fingerprint density at radius 2 is 1.83 bits per heavy atom. The monoisotopic (exact) mass is 417 g/mol. The number of hydrogen-bond acceptors (Lipinski definition) is 7. The summed E-state index contributed by atoms with van der Waals surface area (Å²) in [5.74, 6) is 0.561. The normalized spacial score (nSPS) is 41.4. The quantitative estimate of drug-likeness (QED) is 0.499. The van der Waals surface area contributed by atoms with Gasteiger partial charge in [-0.1, -0.05) is 18.9 Å². The summed E-state index contributed by atoms with van der Waals surface area (Å²) < 4.78 is 5.94. The molecule has 3 fully saturated rings. The highest BCUT2D eigenvalue weighted by Crippen LogP contribution is 2.64. The van der Waals surface area contributed by atoms with Crippen molar-refractivity contribution in [1.29, 1.82) is 0 Å². The molecule has 1 aromatic carbocycles. The smallest absolute Gasteiger partial charge is 0.174 e. The number of ether oxygens (including phenoxy) is 1. The summed E-state index contributed by atoms with van der Waals surface area (Å²) in [6.07, 6.45) is 4.42. The minimum Gasteiger partial charge on any atom is -0.504 e. The van der Waals surface area contributed by atoms with Crippen LogP contribution in [0, 0.1) is 0 Å². The molecule has 6 rings (SSSR count). The summed E-state index contributed by atoms with van der Waals surface area (Å²) in [4.78, 5) is 14.7. The molecule has 2 bridgehead atoms. The van der Waals surface area contributed by atoms with Crippen LogP contribution in [0.5, 0.6) is 11.5 Å². The van der Waals surface area contributed by atoms with Crippen LogP contribution in [-0.4, -0.2) is 74.7 Å². The SMILES string of the molecule is CN1CC[C@]23c4c5ccc(O)c4O[C@H]2C(=O)CC[C@@]3(O)[C@H]1C5.OC1CCCCC1O. The van der Waals surface area contributed by atoms with Crippen LogP contribution in [0.1, 0.15) is 56.1 Å². The van der Waals surface area contributed by atoms with E-state index in [1.165, 1.54) is 0 Å². The average Bonchev–Trinajstić information content (AvgIpc) is 3.08. The molecule has 2 unspecified atom stereocenters. The third kappa shape index (κ3) is 2.55. The Hall–Kier alpha value is -1.67. The summed E-state index contributed by atoms with van der Waals surface area (Å²) in [5.41, 5.74) is 0.370. The topological polar surface area (TPSA) is 110 Å². The fourth-order valence-corrected chi connectivity index (χ4v) is 6.63. The van der Waals surface area contributed by atoms with Crippen molar-refractivity contribution in [2.24, 2.45) is 0 Å². The molecular weight excluding hydrogens is 386 g/mol. The number of likely N-dealkylation sites (tertiary alicyclic amines) is 1. The third-order valence-electron chi connectivity index (χ3n) is 8.22. The third-order valence-corrected chi connectivity index (χ3v) is 8.22. The number of carbonyl (C=O) groups is 1.